The highest BCUT2D eigenvalue weighted by molar-refractivity contribution is 7.13. The van der Waals surface area contributed by atoms with Gasteiger partial charge in [0.05, 0.1) is 12.1 Å². The molecule has 2 heterocycles. The van der Waals surface area contributed by atoms with Gasteiger partial charge in [0.2, 0.25) is 0 Å². The highest BCUT2D eigenvalue weighted by Gasteiger charge is 2.37. The number of aryl methyl sites for hydroxylation is 2. The summed E-state index contributed by atoms with van der Waals surface area (Å²) in [6.07, 6.45) is 8.35. The van der Waals surface area contributed by atoms with Crippen LogP contribution in [0.4, 0.5) is 5.13 Å². The second-order valence-corrected chi connectivity index (χ2v) is 10.8. The van der Waals surface area contributed by atoms with Crippen molar-refractivity contribution in [2.24, 2.45) is 11.8 Å². The monoisotopic (exact) mass is 418 g/mol. The quantitative estimate of drug-likeness (QED) is 0.600. The van der Waals surface area contributed by atoms with Gasteiger partial charge in [0.15, 0.2) is 5.13 Å². The van der Waals surface area contributed by atoms with Crippen molar-refractivity contribution in [1.82, 2.24) is 4.98 Å². The highest BCUT2D eigenvalue weighted by atomic mass is 32.1. The summed E-state index contributed by atoms with van der Waals surface area (Å²) in [6.45, 7) is 5.53. The van der Waals surface area contributed by atoms with Gasteiger partial charge in [0.1, 0.15) is 0 Å². The molecule has 2 unspecified atom stereocenters. The fourth-order valence-corrected chi connectivity index (χ4v) is 6.97. The first-order valence-electron chi connectivity index (χ1n) is 10.5. The number of fused-ring (bicyclic) bond motifs is 1. The lowest BCUT2D eigenvalue weighted by atomic mass is 9.82. The van der Waals surface area contributed by atoms with Crippen molar-refractivity contribution in [2.45, 2.75) is 71.3 Å². The Morgan fingerprint density at radius 1 is 1.25 bits per heavy atom. The van der Waals surface area contributed by atoms with Crippen LogP contribution >= 0.6 is 22.7 Å². The number of anilines is 1. The van der Waals surface area contributed by atoms with E-state index >= 15 is 0 Å². The Bertz CT molecular complexity index is 814. The molecule has 2 fully saturated rings. The predicted molar refractivity (Wildman–Crippen MR) is 117 cm³/mol. The summed E-state index contributed by atoms with van der Waals surface area (Å²) in [5.41, 5.74) is 2.53. The molecule has 2 aliphatic rings. The largest absolute Gasteiger partial charge is 0.481 e. The van der Waals surface area contributed by atoms with Gasteiger partial charge in [0.25, 0.3) is 0 Å². The van der Waals surface area contributed by atoms with Crippen molar-refractivity contribution in [3.8, 4) is 0 Å². The number of hydrogen-bond acceptors (Lipinski definition) is 5. The van der Waals surface area contributed by atoms with Crippen molar-refractivity contribution in [2.75, 3.05) is 11.4 Å². The average Bonchev–Trinajstić information content (AvgIpc) is 3.36. The van der Waals surface area contributed by atoms with Gasteiger partial charge in [-0.25, -0.2) is 4.98 Å². The van der Waals surface area contributed by atoms with Crippen LogP contribution in [0.5, 0.6) is 0 Å². The molecule has 0 aromatic carbocycles. The molecule has 0 aliphatic heterocycles. The smallest absolute Gasteiger partial charge is 0.305 e. The highest BCUT2D eigenvalue weighted by Crippen LogP contribution is 2.49. The molecule has 0 amide bonds. The third kappa shape index (κ3) is 4.43. The SMILES string of the molecule is Cc1cc(CN(CCC(=O)O)c2nc(C3CC4CCCCC4C3)cs2)c(C)s1. The van der Waals surface area contributed by atoms with E-state index in [1.807, 2.05) is 11.3 Å². The summed E-state index contributed by atoms with van der Waals surface area (Å²) in [4.78, 5) is 21.0. The zero-order valence-electron chi connectivity index (χ0n) is 16.8. The van der Waals surface area contributed by atoms with Crippen LogP contribution in [0.15, 0.2) is 11.4 Å². The summed E-state index contributed by atoms with van der Waals surface area (Å²) >= 11 is 3.49. The molecule has 2 aromatic heterocycles. The third-order valence-electron chi connectivity index (χ3n) is 6.54. The lowest BCUT2D eigenvalue weighted by Crippen LogP contribution is -2.25. The van der Waals surface area contributed by atoms with Crippen LogP contribution in [0.25, 0.3) is 0 Å². The molecular weight excluding hydrogens is 388 g/mol. The molecule has 2 aromatic rings. The zero-order valence-corrected chi connectivity index (χ0v) is 18.5. The average molecular weight is 419 g/mol. The number of thiophene rings is 1. The fraction of sp³-hybridized carbons (Fsp3) is 0.636. The van der Waals surface area contributed by atoms with Gasteiger partial charge in [-0.2, -0.15) is 0 Å². The second-order valence-electron chi connectivity index (χ2n) is 8.53. The van der Waals surface area contributed by atoms with Gasteiger partial charge in [0, 0.05) is 34.1 Å². The minimum Gasteiger partial charge on any atom is -0.481 e. The van der Waals surface area contributed by atoms with Gasteiger partial charge in [-0.1, -0.05) is 25.7 Å². The maximum absolute atomic E-state index is 11.2. The molecule has 152 valence electrons. The molecule has 0 saturated heterocycles. The molecule has 2 atom stereocenters. The molecule has 0 bridgehead atoms. The van der Waals surface area contributed by atoms with Gasteiger partial charge < -0.3 is 10.0 Å². The Kier molecular flexibility index (Phi) is 6.07. The Hall–Kier alpha value is -1.40. The summed E-state index contributed by atoms with van der Waals surface area (Å²) in [5.74, 6) is 1.66. The van der Waals surface area contributed by atoms with Crippen molar-refractivity contribution in [1.29, 1.82) is 0 Å². The Morgan fingerprint density at radius 3 is 2.57 bits per heavy atom. The molecule has 2 aliphatic carbocycles. The first-order chi connectivity index (χ1) is 13.5. The number of carbonyl (C=O) groups is 1. The summed E-state index contributed by atoms with van der Waals surface area (Å²) in [5, 5.41) is 12.4. The lowest BCUT2D eigenvalue weighted by molar-refractivity contribution is -0.136. The van der Waals surface area contributed by atoms with E-state index in [0.29, 0.717) is 12.5 Å². The minimum atomic E-state index is -0.750. The summed E-state index contributed by atoms with van der Waals surface area (Å²) in [6, 6.07) is 2.23. The Balaban J connectivity index is 1.50. The maximum atomic E-state index is 11.2. The maximum Gasteiger partial charge on any atom is 0.305 e. The standard InChI is InChI=1S/C22H30N2O2S2/c1-14-9-19(15(2)28-14)12-24(8-7-21(25)26)22-23-20(13-27-22)18-10-16-5-3-4-6-17(16)11-18/h9,13,16-18H,3-8,10-12H2,1-2H3,(H,25,26). The molecular formula is C22H30N2O2S2. The van der Waals surface area contributed by atoms with Crippen LogP contribution in [-0.2, 0) is 11.3 Å². The lowest BCUT2D eigenvalue weighted by Gasteiger charge is -2.24. The molecule has 4 rings (SSSR count). The minimum absolute atomic E-state index is 0.144. The van der Waals surface area contributed by atoms with Crippen LogP contribution in [0, 0.1) is 25.7 Å². The predicted octanol–water partition coefficient (Wildman–Crippen LogP) is 5.99. The van der Waals surface area contributed by atoms with E-state index in [-0.39, 0.29) is 6.42 Å². The van der Waals surface area contributed by atoms with E-state index in [1.165, 1.54) is 59.5 Å². The second kappa shape index (κ2) is 8.54. The number of carboxylic acid groups (broad SMARTS) is 1. The van der Waals surface area contributed by atoms with Crippen LogP contribution < -0.4 is 4.90 Å². The molecule has 4 nitrogen and oxygen atoms in total. The zero-order chi connectivity index (χ0) is 19.7. The molecule has 0 spiro atoms. The number of aromatic nitrogens is 1. The number of rotatable bonds is 7. The number of hydrogen-bond donors (Lipinski definition) is 1. The van der Waals surface area contributed by atoms with Gasteiger partial charge in [-0.15, -0.1) is 22.7 Å². The fourth-order valence-electron chi connectivity index (χ4n) is 5.10. The van der Waals surface area contributed by atoms with Gasteiger partial charge in [-0.05, 0) is 50.2 Å². The number of nitrogens with zero attached hydrogens (tertiary/aromatic N) is 2. The molecule has 28 heavy (non-hydrogen) atoms. The third-order valence-corrected chi connectivity index (χ3v) is 8.47. The Morgan fingerprint density at radius 2 is 1.96 bits per heavy atom. The van der Waals surface area contributed by atoms with Crippen molar-refractivity contribution >= 4 is 33.8 Å². The van der Waals surface area contributed by atoms with Crippen LogP contribution in [0.2, 0.25) is 0 Å². The molecule has 0 radical (unpaired) electrons. The van der Waals surface area contributed by atoms with Crippen LogP contribution in [-0.4, -0.2) is 22.6 Å². The first-order valence-corrected chi connectivity index (χ1v) is 12.2. The van der Waals surface area contributed by atoms with Crippen molar-refractivity contribution in [3.05, 3.63) is 32.5 Å². The molecule has 1 N–H and O–H groups in total. The van der Waals surface area contributed by atoms with Crippen molar-refractivity contribution in [3.63, 3.8) is 0 Å². The number of aliphatic carboxylic acids is 1. The van der Waals surface area contributed by atoms with E-state index in [0.717, 1.165) is 23.5 Å². The van der Waals surface area contributed by atoms with Crippen LogP contribution in [0.3, 0.4) is 0 Å². The van der Waals surface area contributed by atoms with E-state index < -0.39 is 5.97 Å². The molecule has 2 saturated carbocycles. The van der Waals surface area contributed by atoms with E-state index in [9.17, 15) is 9.90 Å². The molecule has 6 heteroatoms. The number of thiazole rings is 1. The van der Waals surface area contributed by atoms with Gasteiger partial charge >= 0.3 is 5.97 Å². The van der Waals surface area contributed by atoms with E-state index in [1.54, 1.807) is 11.3 Å². The summed E-state index contributed by atoms with van der Waals surface area (Å²) < 4.78 is 0. The first kappa shape index (κ1) is 19.9. The van der Waals surface area contributed by atoms with E-state index in [2.05, 4.69) is 30.2 Å². The Labute approximate surface area is 175 Å². The number of carboxylic acids is 1. The van der Waals surface area contributed by atoms with Gasteiger partial charge in [-0.3, -0.25) is 4.79 Å². The topological polar surface area (TPSA) is 53.4 Å². The van der Waals surface area contributed by atoms with Crippen molar-refractivity contribution < 1.29 is 9.90 Å². The van der Waals surface area contributed by atoms with Crippen LogP contribution in [0.1, 0.15) is 71.9 Å². The van der Waals surface area contributed by atoms with E-state index in [4.69, 9.17) is 4.98 Å². The summed E-state index contributed by atoms with van der Waals surface area (Å²) in [7, 11) is 0. The normalized spacial score (nSPS) is 24.3.